The summed E-state index contributed by atoms with van der Waals surface area (Å²) < 4.78 is 10.6. The van der Waals surface area contributed by atoms with Gasteiger partial charge in [-0.2, -0.15) is 0 Å². The van der Waals surface area contributed by atoms with Crippen molar-refractivity contribution in [3.8, 4) is 5.75 Å². The van der Waals surface area contributed by atoms with E-state index in [-0.39, 0.29) is 17.7 Å². The predicted molar refractivity (Wildman–Crippen MR) is 68.9 cm³/mol. The first-order valence-corrected chi connectivity index (χ1v) is 6.21. The van der Waals surface area contributed by atoms with Gasteiger partial charge in [0.15, 0.2) is 0 Å². The van der Waals surface area contributed by atoms with Gasteiger partial charge in [-0.3, -0.25) is 4.79 Å². The Balaban J connectivity index is 2.12. The second kappa shape index (κ2) is 5.59. The lowest BCUT2D eigenvalue weighted by molar-refractivity contribution is -0.119. The quantitative estimate of drug-likeness (QED) is 0.803. The molecule has 2 rings (SSSR count). The molecule has 0 saturated heterocycles. The zero-order chi connectivity index (χ0) is 13.1. The van der Waals surface area contributed by atoms with Gasteiger partial charge in [-0.25, -0.2) is 0 Å². The van der Waals surface area contributed by atoms with Crippen LogP contribution in [0.3, 0.4) is 0 Å². The number of carbonyl (C=O) groups is 1. The van der Waals surface area contributed by atoms with Crippen LogP contribution in [0, 0.1) is 5.92 Å². The van der Waals surface area contributed by atoms with E-state index < -0.39 is 0 Å². The van der Waals surface area contributed by atoms with Gasteiger partial charge in [0.1, 0.15) is 12.4 Å². The molecule has 0 aromatic heterocycles. The second-order valence-electron chi connectivity index (χ2n) is 4.37. The third-order valence-electron chi connectivity index (χ3n) is 3.07. The highest BCUT2D eigenvalue weighted by atomic mass is 35.5. The smallest absolute Gasteiger partial charge is 0.221 e. The van der Waals surface area contributed by atoms with Crippen molar-refractivity contribution in [2.45, 2.75) is 12.3 Å². The van der Waals surface area contributed by atoms with E-state index in [2.05, 4.69) is 0 Å². The van der Waals surface area contributed by atoms with Crippen LogP contribution in [0.25, 0.3) is 0 Å². The van der Waals surface area contributed by atoms with Gasteiger partial charge in [-0.05, 0) is 36.1 Å². The number of hydrogen-bond acceptors (Lipinski definition) is 3. The maximum absolute atomic E-state index is 11.1. The Hall–Kier alpha value is -1.26. The van der Waals surface area contributed by atoms with E-state index in [1.807, 2.05) is 12.1 Å². The van der Waals surface area contributed by atoms with Crippen molar-refractivity contribution in [2.24, 2.45) is 11.7 Å². The fourth-order valence-electron chi connectivity index (χ4n) is 2.03. The van der Waals surface area contributed by atoms with E-state index >= 15 is 0 Å². The minimum absolute atomic E-state index is 0.0896. The molecule has 4 nitrogen and oxygen atoms in total. The number of amides is 1. The van der Waals surface area contributed by atoms with E-state index in [0.29, 0.717) is 18.2 Å². The molecule has 1 amide bonds. The normalized spacial score (nSPS) is 21.7. The number of hydrogen-bond donors (Lipinski definition) is 1. The highest BCUT2D eigenvalue weighted by Crippen LogP contribution is 2.50. The summed E-state index contributed by atoms with van der Waals surface area (Å²) in [5, 5.41) is 0.638. The lowest BCUT2D eigenvalue weighted by atomic mass is 10.1. The van der Waals surface area contributed by atoms with Gasteiger partial charge in [0.05, 0.1) is 6.61 Å². The van der Waals surface area contributed by atoms with Gasteiger partial charge in [0.25, 0.3) is 0 Å². The van der Waals surface area contributed by atoms with Crippen LogP contribution in [0.15, 0.2) is 18.2 Å². The van der Waals surface area contributed by atoms with E-state index in [1.165, 1.54) is 0 Å². The number of rotatable bonds is 6. The zero-order valence-corrected chi connectivity index (χ0v) is 10.9. The summed E-state index contributed by atoms with van der Waals surface area (Å²) in [6, 6.07) is 5.44. The van der Waals surface area contributed by atoms with Crippen molar-refractivity contribution in [3.05, 3.63) is 28.8 Å². The van der Waals surface area contributed by atoms with Gasteiger partial charge in [-0.1, -0.05) is 11.6 Å². The van der Waals surface area contributed by atoms with Crippen LogP contribution >= 0.6 is 11.6 Å². The Morgan fingerprint density at radius 1 is 1.50 bits per heavy atom. The van der Waals surface area contributed by atoms with E-state index in [9.17, 15) is 4.79 Å². The molecule has 1 saturated carbocycles. The SMILES string of the molecule is COCCOc1ccc(Cl)cc1[C@H]1C[C@@H]1C(N)=O. The second-order valence-corrected chi connectivity index (χ2v) is 4.81. The van der Waals surface area contributed by atoms with Crippen LogP contribution in [0.4, 0.5) is 0 Å². The average molecular weight is 270 g/mol. The van der Waals surface area contributed by atoms with Crippen molar-refractivity contribution in [3.63, 3.8) is 0 Å². The van der Waals surface area contributed by atoms with E-state index in [0.717, 1.165) is 17.7 Å². The Labute approximate surface area is 111 Å². The summed E-state index contributed by atoms with van der Waals surface area (Å²) in [6.45, 7) is 0.991. The minimum atomic E-state index is -0.261. The molecule has 1 aliphatic rings. The van der Waals surface area contributed by atoms with Crippen molar-refractivity contribution in [1.29, 1.82) is 0 Å². The van der Waals surface area contributed by atoms with Crippen molar-refractivity contribution in [2.75, 3.05) is 20.3 Å². The summed E-state index contributed by atoms with van der Waals surface area (Å²) in [4.78, 5) is 11.1. The molecule has 2 atom stereocenters. The summed E-state index contributed by atoms with van der Waals surface area (Å²) in [7, 11) is 1.62. The largest absolute Gasteiger partial charge is 0.491 e. The van der Waals surface area contributed by atoms with Gasteiger partial charge in [0, 0.05) is 18.1 Å². The van der Waals surface area contributed by atoms with E-state index in [4.69, 9.17) is 26.8 Å². The number of primary amides is 1. The molecule has 5 heteroatoms. The molecule has 0 radical (unpaired) electrons. The molecular formula is C13H16ClNO3. The number of methoxy groups -OCH3 is 1. The topological polar surface area (TPSA) is 61.6 Å². The van der Waals surface area contributed by atoms with Crippen molar-refractivity contribution < 1.29 is 14.3 Å². The summed E-state index contributed by atoms with van der Waals surface area (Å²) >= 11 is 5.98. The molecule has 0 aliphatic heterocycles. The number of benzene rings is 1. The molecule has 1 aromatic rings. The minimum Gasteiger partial charge on any atom is -0.491 e. The first-order valence-electron chi connectivity index (χ1n) is 5.84. The maximum atomic E-state index is 11.1. The third kappa shape index (κ3) is 2.94. The Bertz CT molecular complexity index is 450. The van der Waals surface area contributed by atoms with Crippen LogP contribution in [0.1, 0.15) is 17.9 Å². The van der Waals surface area contributed by atoms with Crippen LogP contribution in [0.5, 0.6) is 5.75 Å². The molecule has 98 valence electrons. The maximum Gasteiger partial charge on any atom is 0.221 e. The highest BCUT2D eigenvalue weighted by Gasteiger charge is 2.44. The number of halogens is 1. The summed E-state index contributed by atoms with van der Waals surface area (Å²) in [5.74, 6) is 0.542. The van der Waals surface area contributed by atoms with Crippen LogP contribution in [-0.2, 0) is 9.53 Å². The molecular weight excluding hydrogens is 254 g/mol. The predicted octanol–water partition coefficient (Wildman–Crippen LogP) is 1.95. The summed E-state index contributed by atoms with van der Waals surface area (Å²) in [5.41, 5.74) is 6.26. The molecule has 0 heterocycles. The average Bonchev–Trinajstić information content (AvgIpc) is 3.11. The first kappa shape index (κ1) is 13.2. The van der Waals surface area contributed by atoms with Crippen molar-refractivity contribution in [1.82, 2.24) is 0 Å². The molecule has 1 aromatic carbocycles. The lowest BCUT2D eigenvalue weighted by Gasteiger charge is -2.11. The van der Waals surface area contributed by atoms with Crippen molar-refractivity contribution >= 4 is 17.5 Å². The first-order chi connectivity index (χ1) is 8.63. The molecule has 1 fully saturated rings. The highest BCUT2D eigenvalue weighted by molar-refractivity contribution is 6.30. The fraction of sp³-hybridized carbons (Fsp3) is 0.462. The zero-order valence-electron chi connectivity index (χ0n) is 10.2. The molecule has 0 unspecified atom stereocenters. The van der Waals surface area contributed by atoms with Crippen LogP contribution < -0.4 is 10.5 Å². The molecule has 0 bridgehead atoms. The number of ether oxygens (including phenoxy) is 2. The molecule has 18 heavy (non-hydrogen) atoms. The van der Waals surface area contributed by atoms with Crippen LogP contribution in [-0.4, -0.2) is 26.2 Å². The Kier molecular flexibility index (Phi) is 4.09. The van der Waals surface area contributed by atoms with Gasteiger partial charge in [-0.15, -0.1) is 0 Å². The van der Waals surface area contributed by atoms with Gasteiger partial charge in [0.2, 0.25) is 5.91 Å². The number of carbonyl (C=O) groups excluding carboxylic acids is 1. The fourth-order valence-corrected chi connectivity index (χ4v) is 2.21. The number of nitrogens with two attached hydrogens (primary N) is 1. The standard InChI is InChI=1S/C13H16ClNO3/c1-17-4-5-18-12-3-2-8(14)6-10(12)9-7-11(9)13(15)16/h2-3,6,9,11H,4-5,7H2,1H3,(H2,15,16)/t9-,11+/m1/s1. The Morgan fingerprint density at radius 2 is 2.28 bits per heavy atom. The lowest BCUT2D eigenvalue weighted by Crippen LogP contribution is -2.14. The molecule has 0 spiro atoms. The molecule has 2 N–H and O–H groups in total. The van der Waals surface area contributed by atoms with Gasteiger partial charge < -0.3 is 15.2 Å². The molecule has 1 aliphatic carbocycles. The third-order valence-corrected chi connectivity index (χ3v) is 3.31. The summed E-state index contributed by atoms with van der Waals surface area (Å²) in [6.07, 6.45) is 0.774. The Morgan fingerprint density at radius 3 is 2.89 bits per heavy atom. The monoisotopic (exact) mass is 269 g/mol. The van der Waals surface area contributed by atoms with Crippen LogP contribution in [0.2, 0.25) is 5.02 Å². The van der Waals surface area contributed by atoms with E-state index in [1.54, 1.807) is 13.2 Å². The van der Waals surface area contributed by atoms with Gasteiger partial charge >= 0.3 is 0 Å².